The molecule has 1 rings (SSSR count). The Balaban J connectivity index is 2.38. The fourth-order valence-corrected chi connectivity index (χ4v) is 1.74. The van der Waals surface area contributed by atoms with Crippen molar-refractivity contribution in [1.82, 2.24) is 4.90 Å². The fourth-order valence-electron chi connectivity index (χ4n) is 1.74. The van der Waals surface area contributed by atoms with E-state index in [4.69, 9.17) is 0 Å². The smallest absolute Gasteiger partial charge is 0.257 e. The lowest BCUT2D eigenvalue weighted by molar-refractivity contribution is -0.113. The van der Waals surface area contributed by atoms with Crippen molar-refractivity contribution in [1.29, 1.82) is 0 Å². The van der Waals surface area contributed by atoms with Crippen LogP contribution < -0.4 is 0 Å². The topological polar surface area (TPSA) is 20.3 Å². The number of halogens is 2. The largest absolute Gasteiger partial charge is 0.303 e. The molecule has 0 aliphatic carbocycles. The molecule has 76 valence electrons. The van der Waals surface area contributed by atoms with Gasteiger partial charge in [0.1, 0.15) is 6.29 Å². The van der Waals surface area contributed by atoms with Gasteiger partial charge in [-0.25, -0.2) is 8.78 Å². The van der Waals surface area contributed by atoms with E-state index < -0.39 is 5.92 Å². The maximum Gasteiger partial charge on any atom is 0.257 e. The van der Waals surface area contributed by atoms with Crippen LogP contribution in [0.5, 0.6) is 0 Å². The van der Waals surface area contributed by atoms with Crippen LogP contribution in [0.25, 0.3) is 0 Å². The first-order valence-corrected chi connectivity index (χ1v) is 4.57. The van der Waals surface area contributed by atoms with Crippen molar-refractivity contribution >= 4 is 6.29 Å². The van der Waals surface area contributed by atoms with E-state index in [-0.39, 0.29) is 12.5 Å². The van der Waals surface area contributed by atoms with E-state index in [0.717, 1.165) is 26.1 Å². The number of carbonyl (C=O) groups excluding carboxylic acids is 1. The Morgan fingerprint density at radius 3 is 2.85 bits per heavy atom. The minimum Gasteiger partial charge on any atom is -0.303 e. The van der Waals surface area contributed by atoms with Gasteiger partial charge in [-0.3, -0.25) is 4.90 Å². The van der Waals surface area contributed by atoms with Crippen molar-refractivity contribution < 1.29 is 13.6 Å². The van der Waals surface area contributed by atoms with Gasteiger partial charge in [0.15, 0.2) is 0 Å². The monoisotopic (exact) mass is 191 g/mol. The normalized spacial score (nSPS) is 25.9. The van der Waals surface area contributed by atoms with Crippen LogP contribution in [0.2, 0.25) is 0 Å². The zero-order valence-electron chi connectivity index (χ0n) is 7.80. The number of hydrogen-bond acceptors (Lipinski definition) is 2. The van der Waals surface area contributed by atoms with Crippen LogP contribution in [-0.4, -0.2) is 36.7 Å². The van der Waals surface area contributed by atoms with Gasteiger partial charge in [-0.2, -0.15) is 0 Å². The zero-order valence-corrected chi connectivity index (χ0v) is 7.80. The molecule has 1 saturated heterocycles. The maximum atomic E-state index is 12.6. The first kappa shape index (κ1) is 10.6. The molecular formula is C9H15F2NO. The number of carbonyl (C=O) groups is 1. The summed E-state index contributed by atoms with van der Waals surface area (Å²) in [6.45, 7) is 1.87. The third-order valence-electron chi connectivity index (χ3n) is 2.24. The summed E-state index contributed by atoms with van der Waals surface area (Å²) in [4.78, 5) is 12.1. The van der Waals surface area contributed by atoms with Gasteiger partial charge in [-0.15, -0.1) is 0 Å². The van der Waals surface area contributed by atoms with Gasteiger partial charge in [0.25, 0.3) is 5.92 Å². The number of likely N-dealkylation sites (tertiary alicyclic amines) is 1. The first-order valence-electron chi connectivity index (χ1n) is 4.57. The standard InChI is InChI=1S/C9H15F2NO/c1-9(10,11)7-12-4-2-3-8(5-12)6-13/h6,8H,2-5,7H2,1H3. The van der Waals surface area contributed by atoms with E-state index >= 15 is 0 Å². The molecule has 0 bridgehead atoms. The number of alkyl halides is 2. The lowest BCUT2D eigenvalue weighted by Gasteiger charge is -2.31. The predicted molar refractivity (Wildman–Crippen MR) is 45.8 cm³/mol. The lowest BCUT2D eigenvalue weighted by Crippen LogP contribution is -2.42. The molecule has 0 amide bonds. The molecule has 0 aromatic heterocycles. The molecule has 1 heterocycles. The lowest BCUT2D eigenvalue weighted by atomic mass is 9.99. The highest BCUT2D eigenvalue weighted by Gasteiger charge is 2.28. The molecule has 0 spiro atoms. The highest BCUT2D eigenvalue weighted by atomic mass is 19.3. The molecule has 13 heavy (non-hydrogen) atoms. The summed E-state index contributed by atoms with van der Waals surface area (Å²) in [5.74, 6) is -2.69. The minimum atomic E-state index is -2.65. The fraction of sp³-hybridized carbons (Fsp3) is 0.889. The molecule has 0 aromatic rings. The number of rotatable bonds is 3. The molecule has 0 saturated carbocycles. The van der Waals surface area contributed by atoms with E-state index in [1.165, 1.54) is 0 Å². The van der Waals surface area contributed by atoms with Gasteiger partial charge in [-0.1, -0.05) is 0 Å². The maximum absolute atomic E-state index is 12.6. The van der Waals surface area contributed by atoms with Crippen molar-refractivity contribution in [2.75, 3.05) is 19.6 Å². The van der Waals surface area contributed by atoms with E-state index in [9.17, 15) is 13.6 Å². The van der Waals surface area contributed by atoms with Crippen LogP contribution >= 0.6 is 0 Å². The summed E-state index contributed by atoms with van der Waals surface area (Å²) in [5.41, 5.74) is 0. The second kappa shape index (κ2) is 4.13. The summed E-state index contributed by atoms with van der Waals surface area (Å²) in [5, 5.41) is 0. The highest BCUT2D eigenvalue weighted by Crippen LogP contribution is 2.19. The van der Waals surface area contributed by atoms with E-state index in [0.29, 0.717) is 13.1 Å². The molecule has 1 atom stereocenters. The predicted octanol–water partition coefficient (Wildman–Crippen LogP) is 1.55. The molecule has 0 N–H and O–H groups in total. The van der Waals surface area contributed by atoms with Crippen LogP contribution in [0.4, 0.5) is 8.78 Å². The van der Waals surface area contributed by atoms with E-state index in [1.807, 2.05) is 0 Å². The van der Waals surface area contributed by atoms with Crippen molar-refractivity contribution in [3.8, 4) is 0 Å². The van der Waals surface area contributed by atoms with E-state index in [1.54, 1.807) is 4.90 Å². The van der Waals surface area contributed by atoms with Crippen LogP contribution in [0.1, 0.15) is 19.8 Å². The Bertz CT molecular complexity index is 179. The van der Waals surface area contributed by atoms with Crippen LogP contribution in [0.15, 0.2) is 0 Å². The molecule has 1 aliphatic heterocycles. The number of piperidine rings is 1. The quantitative estimate of drug-likeness (QED) is 0.631. The van der Waals surface area contributed by atoms with Gasteiger partial charge in [-0.05, 0) is 19.4 Å². The van der Waals surface area contributed by atoms with Crippen LogP contribution in [-0.2, 0) is 4.79 Å². The molecule has 4 heteroatoms. The Morgan fingerprint density at radius 1 is 1.62 bits per heavy atom. The molecule has 2 nitrogen and oxygen atoms in total. The minimum absolute atomic E-state index is 0.0453. The Morgan fingerprint density at radius 2 is 2.31 bits per heavy atom. The zero-order chi connectivity index (χ0) is 9.90. The first-order chi connectivity index (χ1) is 6.01. The van der Waals surface area contributed by atoms with Gasteiger partial charge < -0.3 is 4.79 Å². The Labute approximate surface area is 76.9 Å². The summed E-state index contributed by atoms with van der Waals surface area (Å²) >= 11 is 0. The summed E-state index contributed by atoms with van der Waals surface area (Å²) < 4.78 is 25.2. The second-order valence-electron chi connectivity index (χ2n) is 3.84. The highest BCUT2D eigenvalue weighted by molar-refractivity contribution is 5.53. The molecule has 1 unspecified atom stereocenters. The van der Waals surface area contributed by atoms with Crippen LogP contribution in [0, 0.1) is 5.92 Å². The number of aldehydes is 1. The van der Waals surface area contributed by atoms with Gasteiger partial charge in [0, 0.05) is 19.4 Å². The third-order valence-corrected chi connectivity index (χ3v) is 2.24. The molecule has 0 aromatic carbocycles. The van der Waals surface area contributed by atoms with Gasteiger partial charge in [0.2, 0.25) is 0 Å². The van der Waals surface area contributed by atoms with Gasteiger partial charge in [0.05, 0.1) is 6.54 Å². The second-order valence-corrected chi connectivity index (χ2v) is 3.84. The Hall–Kier alpha value is -0.510. The van der Waals surface area contributed by atoms with E-state index in [2.05, 4.69) is 0 Å². The third kappa shape index (κ3) is 3.81. The van der Waals surface area contributed by atoms with Gasteiger partial charge >= 0.3 is 0 Å². The summed E-state index contributed by atoms with van der Waals surface area (Å²) in [6, 6.07) is 0. The Kier molecular flexibility index (Phi) is 3.36. The van der Waals surface area contributed by atoms with Crippen molar-refractivity contribution in [2.45, 2.75) is 25.7 Å². The van der Waals surface area contributed by atoms with Crippen molar-refractivity contribution in [2.24, 2.45) is 5.92 Å². The van der Waals surface area contributed by atoms with Crippen molar-refractivity contribution in [3.05, 3.63) is 0 Å². The SMILES string of the molecule is CC(F)(F)CN1CCCC(C=O)C1. The number of hydrogen-bond donors (Lipinski definition) is 0. The molecule has 1 fully saturated rings. The average molecular weight is 191 g/mol. The summed E-state index contributed by atoms with van der Waals surface area (Å²) in [7, 11) is 0. The summed E-state index contributed by atoms with van der Waals surface area (Å²) in [6.07, 6.45) is 2.56. The van der Waals surface area contributed by atoms with Crippen LogP contribution in [0.3, 0.4) is 0 Å². The molecule has 0 radical (unpaired) electrons. The molecular weight excluding hydrogens is 176 g/mol. The number of nitrogens with zero attached hydrogens (tertiary/aromatic N) is 1. The van der Waals surface area contributed by atoms with Crippen molar-refractivity contribution in [3.63, 3.8) is 0 Å². The average Bonchev–Trinajstić information content (AvgIpc) is 2.01. The molecule has 1 aliphatic rings.